The molecular formula is C24H25F2N3O3. The fraction of sp³-hybridized carbons (Fsp3) is 0.417. The van der Waals surface area contributed by atoms with Crippen molar-refractivity contribution in [2.75, 3.05) is 13.1 Å². The summed E-state index contributed by atoms with van der Waals surface area (Å²) in [6, 6.07) is 14.7. The molecule has 2 heterocycles. The molecule has 0 spiro atoms. The van der Waals surface area contributed by atoms with E-state index in [0.29, 0.717) is 18.6 Å². The molecule has 1 N–H and O–H groups in total. The lowest BCUT2D eigenvalue weighted by Crippen LogP contribution is -2.45. The highest BCUT2D eigenvalue weighted by atomic mass is 19.3. The molecular weight excluding hydrogens is 416 g/mol. The van der Waals surface area contributed by atoms with Gasteiger partial charge in [0.05, 0.1) is 23.6 Å². The molecule has 3 aromatic rings. The minimum absolute atomic E-state index is 0.147. The predicted molar refractivity (Wildman–Crippen MR) is 117 cm³/mol. The molecule has 0 radical (unpaired) electrons. The summed E-state index contributed by atoms with van der Waals surface area (Å²) < 4.78 is 29.3. The Labute approximate surface area is 183 Å². The van der Waals surface area contributed by atoms with E-state index >= 15 is 0 Å². The minimum Gasteiger partial charge on any atom is -0.390 e. The second kappa shape index (κ2) is 7.94. The lowest BCUT2D eigenvalue weighted by molar-refractivity contribution is 0.0881. The number of halogens is 2. The van der Waals surface area contributed by atoms with Gasteiger partial charge in [-0.05, 0) is 29.7 Å². The first-order valence-electron chi connectivity index (χ1n) is 10.9. The standard InChI is InChI=1S/C24H25F2N3O3/c25-24(26)11-18(24)13-28-21-8-4-3-7-20(21)22(31)29(23(28)32)15-19(30)14-27-10-9-16-5-1-2-6-17(16)12-27/h1-8,18-19,30H,9-15H2/t18?,19-/m1/s1. The molecule has 6 nitrogen and oxygen atoms in total. The molecule has 1 aliphatic heterocycles. The van der Waals surface area contributed by atoms with Gasteiger partial charge in [-0.3, -0.25) is 18.8 Å². The van der Waals surface area contributed by atoms with E-state index in [2.05, 4.69) is 17.0 Å². The summed E-state index contributed by atoms with van der Waals surface area (Å²) in [5, 5.41) is 11.0. The number of rotatable bonds is 6. The van der Waals surface area contributed by atoms with Crippen LogP contribution in [0, 0.1) is 5.92 Å². The van der Waals surface area contributed by atoms with Crippen molar-refractivity contribution in [3.8, 4) is 0 Å². The number of para-hydroxylation sites is 1. The number of β-amino-alcohol motifs (C(OH)–C–C–N with tert-alkyl or cyclic N) is 1. The Morgan fingerprint density at radius 2 is 1.69 bits per heavy atom. The molecule has 32 heavy (non-hydrogen) atoms. The topological polar surface area (TPSA) is 67.5 Å². The van der Waals surface area contributed by atoms with Crippen molar-refractivity contribution in [3.05, 3.63) is 80.5 Å². The summed E-state index contributed by atoms with van der Waals surface area (Å²) in [5.74, 6) is -3.68. The quantitative estimate of drug-likeness (QED) is 0.637. The van der Waals surface area contributed by atoms with Crippen LogP contribution >= 0.6 is 0 Å². The number of aliphatic hydroxyl groups is 1. The maximum Gasteiger partial charge on any atom is 0.331 e. The van der Waals surface area contributed by atoms with Gasteiger partial charge in [-0.25, -0.2) is 13.6 Å². The van der Waals surface area contributed by atoms with Crippen LogP contribution in [0.5, 0.6) is 0 Å². The second-order valence-corrected chi connectivity index (χ2v) is 8.90. The molecule has 1 aromatic heterocycles. The zero-order valence-electron chi connectivity index (χ0n) is 17.6. The molecule has 2 aromatic carbocycles. The molecule has 5 rings (SSSR count). The average molecular weight is 441 g/mol. The number of aliphatic hydroxyl groups excluding tert-OH is 1. The van der Waals surface area contributed by atoms with E-state index in [-0.39, 0.29) is 24.9 Å². The molecule has 0 amide bonds. The highest BCUT2D eigenvalue weighted by Crippen LogP contribution is 2.49. The van der Waals surface area contributed by atoms with Crippen molar-refractivity contribution in [2.45, 2.75) is 44.5 Å². The normalized spacial score (nSPS) is 20.8. The fourth-order valence-corrected chi connectivity index (χ4v) is 4.67. The van der Waals surface area contributed by atoms with E-state index in [1.54, 1.807) is 24.3 Å². The summed E-state index contributed by atoms with van der Waals surface area (Å²) in [6.07, 6.45) is -0.324. The van der Waals surface area contributed by atoms with Gasteiger partial charge in [0.2, 0.25) is 0 Å². The smallest absolute Gasteiger partial charge is 0.331 e. The van der Waals surface area contributed by atoms with E-state index in [9.17, 15) is 23.5 Å². The molecule has 1 unspecified atom stereocenters. The van der Waals surface area contributed by atoms with Crippen molar-refractivity contribution in [1.29, 1.82) is 0 Å². The van der Waals surface area contributed by atoms with Gasteiger partial charge >= 0.3 is 5.69 Å². The lowest BCUT2D eigenvalue weighted by Gasteiger charge is -2.30. The molecule has 8 heteroatoms. The summed E-state index contributed by atoms with van der Waals surface area (Å²) in [5.41, 5.74) is 1.70. The molecule has 168 valence electrons. The van der Waals surface area contributed by atoms with Crippen LogP contribution in [-0.4, -0.2) is 44.3 Å². The third-order valence-corrected chi connectivity index (χ3v) is 6.56. The van der Waals surface area contributed by atoms with E-state index in [1.807, 2.05) is 12.1 Å². The van der Waals surface area contributed by atoms with Gasteiger partial charge in [0.25, 0.3) is 11.5 Å². The van der Waals surface area contributed by atoms with Crippen LogP contribution in [0.1, 0.15) is 17.5 Å². The third-order valence-electron chi connectivity index (χ3n) is 6.56. The lowest BCUT2D eigenvalue weighted by atomic mass is 10.00. The number of fused-ring (bicyclic) bond motifs is 2. The van der Waals surface area contributed by atoms with Crippen molar-refractivity contribution in [1.82, 2.24) is 14.0 Å². The summed E-state index contributed by atoms with van der Waals surface area (Å²) in [4.78, 5) is 28.2. The first-order chi connectivity index (χ1) is 15.3. The Kier molecular flexibility index (Phi) is 5.22. The zero-order chi connectivity index (χ0) is 22.5. The van der Waals surface area contributed by atoms with Crippen LogP contribution in [0.15, 0.2) is 58.1 Å². The van der Waals surface area contributed by atoms with Crippen LogP contribution in [0.3, 0.4) is 0 Å². The van der Waals surface area contributed by atoms with Crippen molar-refractivity contribution in [2.24, 2.45) is 5.92 Å². The van der Waals surface area contributed by atoms with Gasteiger partial charge in [0, 0.05) is 38.5 Å². The number of benzene rings is 2. The molecule has 2 aliphatic rings. The van der Waals surface area contributed by atoms with Crippen LogP contribution in [0.4, 0.5) is 8.78 Å². The highest BCUT2D eigenvalue weighted by molar-refractivity contribution is 5.77. The molecule has 2 atom stereocenters. The van der Waals surface area contributed by atoms with Crippen molar-refractivity contribution in [3.63, 3.8) is 0 Å². The monoisotopic (exact) mass is 441 g/mol. The second-order valence-electron chi connectivity index (χ2n) is 8.90. The maximum atomic E-state index is 13.5. The molecule has 1 aliphatic carbocycles. The summed E-state index contributed by atoms with van der Waals surface area (Å²) in [7, 11) is 0. The van der Waals surface area contributed by atoms with E-state index in [0.717, 1.165) is 17.5 Å². The molecule has 0 bridgehead atoms. The number of alkyl halides is 2. The van der Waals surface area contributed by atoms with Crippen LogP contribution in [0.25, 0.3) is 10.9 Å². The summed E-state index contributed by atoms with van der Waals surface area (Å²) in [6.45, 7) is 1.46. The largest absolute Gasteiger partial charge is 0.390 e. The Morgan fingerprint density at radius 1 is 1.00 bits per heavy atom. The Morgan fingerprint density at radius 3 is 2.44 bits per heavy atom. The first-order valence-corrected chi connectivity index (χ1v) is 10.9. The van der Waals surface area contributed by atoms with Gasteiger partial charge in [-0.2, -0.15) is 0 Å². The van der Waals surface area contributed by atoms with Gasteiger partial charge in [0.15, 0.2) is 0 Å². The Balaban J connectivity index is 1.40. The van der Waals surface area contributed by atoms with Crippen LogP contribution in [-0.2, 0) is 26.1 Å². The maximum absolute atomic E-state index is 13.5. The van der Waals surface area contributed by atoms with Gasteiger partial charge in [0.1, 0.15) is 0 Å². The Hall–Kier alpha value is -2.84. The van der Waals surface area contributed by atoms with Crippen molar-refractivity contribution < 1.29 is 13.9 Å². The van der Waals surface area contributed by atoms with Gasteiger partial charge in [-0.1, -0.05) is 36.4 Å². The van der Waals surface area contributed by atoms with Crippen molar-refractivity contribution >= 4 is 10.9 Å². The zero-order valence-corrected chi connectivity index (χ0v) is 17.6. The van der Waals surface area contributed by atoms with E-state index < -0.39 is 29.2 Å². The first kappa shape index (κ1) is 21.0. The SMILES string of the molecule is O=c1c2ccccc2n(CC2CC2(F)F)c(=O)n1C[C@H](O)CN1CCc2ccccc2C1. The predicted octanol–water partition coefficient (Wildman–Crippen LogP) is 2.24. The molecule has 1 fully saturated rings. The third kappa shape index (κ3) is 3.89. The number of hydrogen-bond acceptors (Lipinski definition) is 4. The van der Waals surface area contributed by atoms with Gasteiger partial charge < -0.3 is 5.11 Å². The average Bonchev–Trinajstić information content (AvgIpc) is 3.39. The fourth-order valence-electron chi connectivity index (χ4n) is 4.67. The number of hydrogen-bond donors (Lipinski definition) is 1. The summed E-state index contributed by atoms with van der Waals surface area (Å²) >= 11 is 0. The minimum atomic E-state index is -2.77. The Bertz CT molecular complexity index is 1280. The molecule has 0 saturated heterocycles. The highest BCUT2D eigenvalue weighted by Gasteiger charge is 2.56. The molecule has 1 saturated carbocycles. The van der Waals surface area contributed by atoms with Gasteiger partial charge in [-0.15, -0.1) is 0 Å². The number of aromatic nitrogens is 2. The van der Waals surface area contributed by atoms with Crippen LogP contribution < -0.4 is 11.2 Å². The van der Waals surface area contributed by atoms with E-state index in [4.69, 9.17) is 0 Å². The van der Waals surface area contributed by atoms with Crippen LogP contribution in [0.2, 0.25) is 0 Å². The van der Waals surface area contributed by atoms with E-state index in [1.165, 1.54) is 15.7 Å². The number of nitrogens with zero attached hydrogens (tertiary/aromatic N) is 3.